The van der Waals surface area contributed by atoms with E-state index in [1.54, 1.807) is 24.4 Å². The Morgan fingerprint density at radius 3 is 2.79 bits per heavy atom. The minimum atomic E-state index is -0.320. The first kappa shape index (κ1) is 16.3. The summed E-state index contributed by atoms with van der Waals surface area (Å²) in [5, 5.41) is 7.23. The smallest absolute Gasteiger partial charge is 0.209 e. The number of hydrogen-bond acceptors (Lipinski definition) is 6. The van der Waals surface area contributed by atoms with Crippen LogP contribution in [0.1, 0.15) is 29.9 Å². The van der Waals surface area contributed by atoms with Crippen LogP contribution in [0.4, 0.5) is 0 Å². The van der Waals surface area contributed by atoms with Gasteiger partial charge in [-0.2, -0.15) is 4.98 Å². The summed E-state index contributed by atoms with van der Waals surface area (Å²) in [5.41, 5.74) is 2.35. The minimum absolute atomic E-state index is 0.0441. The predicted molar refractivity (Wildman–Crippen MR) is 92.9 cm³/mol. The number of ketones is 1. The first-order valence-electron chi connectivity index (χ1n) is 7.67. The second-order valence-electron chi connectivity index (χ2n) is 5.21. The normalized spacial score (nSPS) is 12.1. The monoisotopic (exact) mass is 339 g/mol. The van der Waals surface area contributed by atoms with Crippen molar-refractivity contribution in [1.82, 2.24) is 25.1 Å². The van der Waals surface area contributed by atoms with Crippen LogP contribution in [0.5, 0.6) is 0 Å². The Labute approximate surface area is 144 Å². The Balaban J connectivity index is 1.70. The molecule has 0 fully saturated rings. The molecule has 0 aliphatic heterocycles. The van der Waals surface area contributed by atoms with E-state index < -0.39 is 0 Å². The lowest BCUT2D eigenvalue weighted by Gasteiger charge is -2.06. The van der Waals surface area contributed by atoms with Gasteiger partial charge in [0.25, 0.3) is 0 Å². The lowest BCUT2D eigenvalue weighted by atomic mass is 10.2. The molecule has 24 heavy (non-hydrogen) atoms. The summed E-state index contributed by atoms with van der Waals surface area (Å²) in [6.07, 6.45) is 4.39. The number of aryl methyl sites for hydroxylation is 1. The van der Waals surface area contributed by atoms with Crippen molar-refractivity contribution in [2.24, 2.45) is 0 Å². The van der Waals surface area contributed by atoms with Gasteiger partial charge in [-0.1, -0.05) is 30.8 Å². The molecule has 0 aliphatic rings. The number of thioether (sulfide) groups is 1. The van der Waals surface area contributed by atoms with Gasteiger partial charge in [-0.15, -0.1) is 5.10 Å². The molecule has 122 valence electrons. The Morgan fingerprint density at radius 1 is 1.25 bits per heavy atom. The fourth-order valence-electron chi connectivity index (χ4n) is 2.12. The van der Waals surface area contributed by atoms with Crippen molar-refractivity contribution in [3.05, 3.63) is 54.0 Å². The number of carbonyl (C=O) groups is 1. The number of nitrogens with zero attached hydrogens (tertiary/aromatic N) is 4. The van der Waals surface area contributed by atoms with Gasteiger partial charge in [0.05, 0.1) is 5.25 Å². The average Bonchev–Trinajstić information content (AvgIpc) is 3.10. The van der Waals surface area contributed by atoms with Crippen LogP contribution >= 0.6 is 11.8 Å². The molecule has 6 nitrogen and oxygen atoms in total. The summed E-state index contributed by atoms with van der Waals surface area (Å²) < 4.78 is 0. The highest BCUT2D eigenvalue weighted by molar-refractivity contribution is 8.00. The number of rotatable bonds is 6. The highest BCUT2D eigenvalue weighted by atomic mass is 32.2. The fraction of sp³-hybridized carbons (Fsp3) is 0.235. The van der Waals surface area contributed by atoms with Crippen LogP contribution < -0.4 is 0 Å². The first-order valence-corrected chi connectivity index (χ1v) is 8.55. The second-order valence-corrected chi connectivity index (χ2v) is 6.52. The number of aromatic amines is 1. The SMILES string of the molecule is CCc1ccc(-c2nc(SC(C)C(=O)c3ccccn3)n[nH]2)nc1. The molecule has 0 saturated heterocycles. The van der Waals surface area contributed by atoms with Gasteiger partial charge in [-0.3, -0.25) is 19.9 Å². The molecule has 3 rings (SSSR count). The molecule has 0 aromatic carbocycles. The van der Waals surface area contributed by atoms with Gasteiger partial charge in [0.15, 0.2) is 11.6 Å². The second kappa shape index (κ2) is 7.35. The molecule has 3 aromatic rings. The van der Waals surface area contributed by atoms with Gasteiger partial charge >= 0.3 is 0 Å². The van der Waals surface area contributed by atoms with Crippen LogP contribution in [-0.2, 0) is 6.42 Å². The highest BCUT2D eigenvalue weighted by Crippen LogP contribution is 2.24. The molecule has 1 N–H and O–H groups in total. The summed E-state index contributed by atoms with van der Waals surface area (Å²) in [6, 6.07) is 9.23. The fourth-order valence-corrected chi connectivity index (χ4v) is 2.90. The number of carbonyl (C=O) groups excluding carboxylic acids is 1. The lowest BCUT2D eigenvalue weighted by molar-refractivity contribution is 0.0989. The van der Waals surface area contributed by atoms with Gasteiger partial charge in [0.2, 0.25) is 5.16 Å². The van der Waals surface area contributed by atoms with Gasteiger partial charge in [0.1, 0.15) is 11.4 Å². The Kier molecular flexibility index (Phi) is 5.00. The highest BCUT2D eigenvalue weighted by Gasteiger charge is 2.20. The molecule has 7 heteroatoms. The van der Waals surface area contributed by atoms with E-state index in [9.17, 15) is 4.79 Å². The first-order chi connectivity index (χ1) is 11.7. The molecule has 3 aromatic heterocycles. The Morgan fingerprint density at radius 2 is 2.12 bits per heavy atom. The van der Waals surface area contributed by atoms with Gasteiger partial charge in [0, 0.05) is 12.4 Å². The van der Waals surface area contributed by atoms with Gasteiger partial charge in [-0.05, 0) is 37.1 Å². The topological polar surface area (TPSA) is 84.4 Å². The summed E-state index contributed by atoms with van der Waals surface area (Å²) in [6.45, 7) is 3.91. The van der Waals surface area contributed by atoms with Gasteiger partial charge < -0.3 is 0 Å². The van der Waals surface area contributed by atoms with E-state index in [1.165, 1.54) is 17.3 Å². The van der Waals surface area contributed by atoms with E-state index in [1.807, 2.05) is 25.3 Å². The standard InChI is InChI=1S/C17H17N5OS/c1-3-12-7-8-14(19-10-12)16-20-17(22-21-16)24-11(2)15(23)13-6-4-5-9-18-13/h4-11H,3H2,1-2H3,(H,20,21,22). The molecular formula is C17H17N5OS. The average molecular weight is 339 g/mol. The molecule has 0 spiro atoms. The molecule has 0 saturated carbocycles. The maximum atomic E-state index is 12.3. The molecule has 1 atom stereocenters. The van der Waals surface area contributed by atoms with Crippen molar-refractivity contribution in [2.45, 2.75) is 30.7 Å². The summed E-state index contributed by atoms with van der Waals surface area (Å²) in [5.74, 6) is 0.551. The molecule has 1 unspecified atom stereocenters. The Bertz CT molecular complexity index is 817. The maximum absolute atomic E-state index is 12.3. The summed E-state index contributed by atoms with van der Waals surface area (Å²) >= 11 is 1.30. The van der Waals surface area contributed by atoms with E-state index in [-0.39, 0.29) is 11.0 Å². The van der Waals surface area contributed by atoms with E-state index in [0.29, 0.717) is 16.7 Å². The van der Waals surface area contributed by atoms with E-state index in [0.717, 1.165) is 12.1 Å². The minimum Gasteiger partial charge on any atom is -0.291 e. The van der Waals surface area contributed by atoms with E-state index in [4.69, 9.17) is 0 Å². The van der Waals surface area contributed by atoms with Crippen molar-refractivity contribution in [3.8, 4) is 11.5 Å². The van der Waals surface area contributed by atoms with E-state index in [2.05, 4.69) is 32.1 Å². The third-order valence-electron chi connectivity index (χ3n) is 3.51. The van der Waals surface area contributed by atoms with Gasteiger partial charge in [-0.25, -0.2) is 0 Å². The quantitative estimate of drug-likeness (QED) is 0.548. The zero-order valence-corrected chi connectivity index (χ0v) is 14.2. The number of Topliss-reactive ketones (excluding diaryl/α,β-unsaturated/α-hetero) is 1. The van der Waals surface area contributed by atoms with Crippen LogP contribution in [-0.4, -0.2) is 36.2 Å². The van der Waals surface area contributed by atoms with Crippen LogP contribution in [0.15, 0.2) is 47.9 Å². The molecule has 3 heterocycles. The summed E-state index contributed by atoms with van der Waals surface area (Å²) in [7, 11) is 0. The zero-order chi connectivity index (χ0) is 16.9. The van der Waals surface area contributed by atoms with Crippen LogP contribution in [0.25, 0.3) is 11.5 Å². The van der Waals surface area contributed by atoms with Crippen LogP contribution in [0.2, 0.25) is 0 Å². The Hall–Kier alpha value is -2.54. The molecule has 0 amide bonds. The molecule has 0 radical (unpaired) electrons. The number of pyridine rings is 2. The lowest BCUT2D eigenvalue weighted by Crippen LogP contribution is -2.15. The van der Waals surface area contributed by atoms with Crippen molar-refractivity contribution in [1.29, 1.82) is 0 Å². The van der Waals surface area contributed by atoms with Crippen molar-refractivity contribution in [3.63, 3.8) is 0 Å². The zero-order valence-electron chi connectivity index (χ0n) is 13.4. The number of aromatic nitrogens is 5. The number of nitrogens with one attached hydrogen (secondary N) is 1. The number of H-pyrrole nitrogens is 1. The predicted octanol–water partition coefficient (Wildman–Crippen LogP) is 3.19. The van der Waals surface area contributed by atoms with Crippen molar-refractivity contribution >= 4 is 17.5 Å². The third-order valence-corrected chi connectivity index (χ3v) is 4.47. The number of hydrogen-bond donors (Lipinski definition) is 1. The molecule has 0 aliphatic carbocycles. The summed E-state index contributed by atoms with van der Waals surface area (Å²) in [4.78, 5) is 25.2. The van der Waals surface area contributed by atoms with E-state index >= 15 is 0 Å². The third kappa shape index (κ3) is 3.68. The van der Waals surface area contributed by atoms with Crippen molar-refractivity contribution < 1.29 is 4.79 Å². The van der Waals surface area contributed by atoms with Crippen molar-refractivity contribution in [2.75, 3.05) is 0 Å². The largest absolute Gasteiger partial charge is 0.291 e. The van der Waals surface area contributed by atoms with Crippen LogP contribution in [0, 0.1) is 0 Å². The molecule has 0 bridgehead atoms. The molecular weight excluding hydrogens is 322 g/mol. The maximum Gasteiger partial charge on any atom is 0.209 e. The van der Waals surface area contributed by atoms with Crippen LogP contribution in [0.3, 0.4) is 0 Å².